The summed E-state index contributed by atoms with van der Waals surface area (Å²) in [6.07, 6.45) is 69.9. The molecular weight excluding hydrogens is 935 g/mol. The van der Waals surface area contributed by atoms with Gasteiger partial charge in [0.05, 0.1) is 40.3 Å². The van der Waals surface area contributed by atoms with Gasteiger partial charge >= 0.3 is 11.9 Å². The molecule has 0 heterocycles. The van der Waals surface area contributed by atoms with E-state index in [0.29, 0.717) is 23.9 Å². The molecule has 0 aromatic heterocycles. The van der Waals surface area contributed by atoms with Gasteiger partial charge in [-0.25, -0.2) is 0 Å². The van der Waals surface area contributed by atoms with Crippen molar-refractivity contribution in [3.63, 3.8) is 0 Å². The molecule has 0 amide bonds. The number of likely N-dealkylation sites (N-methyl/N-ethyl adjacent to an activating group) is 1. The van der Waals surface area contributed by atoms with E-state index in [2.05, 4.69) is 74.6 Å². The van der Waals surface area contributed by atoms with Gasteiger partial charge in [-0.3, -0.25) is 9.59 Å². The number of carboxylic acid groups (broad SMARTS) is 1. The van der Waals surface area contributed by atoms with Gasteiger partial charge in [0.2, 0.25) is 0 Å². The summed E-state index contributed by atoms with van der Waals surface area (Å²) in [4.78, 5) is 37.4. The topological polar surface area (TPSA) is 111 Å². The van der Waals surface area contributed by atoms with E-state index in [9.17, 15) is 19.5 Å². The summed E-state index contributed by atoms with van der Waals surface area (Å²) in [5, 5.41) is 11.8. The maximum atomic E-state index is 12.9. The minimum absolute atomic E-state index is 0.147. The Balaban J connectivity index is 4.16. The largest absolute Gasteiger partial charge is 0.545 e. The number of nitrogens with zero attached hydrogens (tertiary/aromatic N) is 1. The van der Waals surface area contributed by atoms with Crippen LogP contribution in [-0.2, 0) is 33.3 Å². The predicted molar refractivity (Wildman–Crippen MR) is 315 cm³/mol. The maximum Gasteiger partial charge on any atom is 0.306 e. The van der Waals surface area contributed by atoms with Gasteiger partial charge in [-0.05, 0) is 77.0 Å². The Morgan fingerprint density at radius 3 is 1.15 bits per heavy atom. The molecule has 75 heavy (non-hydrogen) atoms. The molecule has 0 aliphatic rings. The number of aliphatic carboxylic acids is 1. The molecule has 0 radical (unpaired) electrons. The number of rotatable bonds is 58. The van der Waals surface area contributed by atoms with Crippen LogP contribution in [-0.4, -0.2) is 82.3 Å². The smallest absolute Gasteiger partial charge is 0.306 e. The van der Waals surface area contributed by atoms with E-state index in [-0.39, 0.29) is 32.2 Å². The van der Waals surface area contributed by atoms with Crippen molar-refractivity contribution >= 4 is 17.9 Å². The molecule has 9 nitrogen and oxygen atoms in total. The number of carbonyl (C=O) groups is 3. The van der Waals surface area contributed by atoms with Crippen LogP contribution in [0.2, 0.25) is 0 Å². The first-order valence-electron chi connectivity index (χ1n) is 31.4. The molecule has 0 spiro atoms. The minimum atomic E-state index is -1.62. The molecule has 0 N–H and O–H groups in total. The van der Waals surface area contributed by atoms with Crippen molar-refractivity contribution in [1.82, 2.24) is 0 Å². The van der Waals surface area contributed by atoms with E-state index in [1.165, 1.54) is 193 Å². The molecule has 0 aromatic carbocycles. The van der Waals surface area contributed by atoms with E-state index in [4.69, 9.17) is 18.9 Å². The monoisotopic (exact) mass is 1050 g/mol. The molecule has 0 aromatic rings. The zero-order valence-electron chi connectivity index (χ0n) is 49.7. The molecule has 436 valence electrons. The first kappa shape index (κ1) is 72.0. The standard InChI is InChI=1S/C66H119NO8/c1-6-8-10-12-14-16-18-20-22-24-26-28-29-30-31-32-33-34-35-37-39-41-43-45-47-49-51-53-55-57-64(69)75-62(61-74-66(65(70)71)72-59-58-67(3,4)5)60-73-63(68)56-54-52-50-48-46-44-42-40-38-36-27-25-23-21-19-17-15-13-11-9-7-2/h8,10,14,16,20,22,25-28,62,66H,6-7,9,11-13,15,17-19,21,23-24,29-61H2,1-5H3/b10-8-,16-14-,22-20-,27-25-,28-26-. The number of hydrogen-bond acceptors (Lipinski definition) is 8. The third-order valence-electron chi connectivity index (χ3n) is 13.7. The lowest BCUT2D eigenvalue weighted by atomic mass is 10.0. The Bertz CT molecular complexity index is 1410. The van der Waals surface area contributed by atoms with Gasteiger partial charge in [0, 0.05) is 12.8 Å². The molecule has 0 saturated heterocycles. The number of carboxylic acids is 1. The summed E-state index contributed by atoms with van der Waals surface area (Å²) in [6, 6.07) is 0. The van der Waals surface area contributed by atoms with Gasteiger partial charge in [0.25, 0.3) is 0 Å². The molecule has 0 aliphatic carbocycles. The molecule has 0 aliphatic heterocycles. The van der Waals surface area contributed by atoms with Crippen molar-refractivity contribution in [2.45, 2.75) is 296 Å². The van der Waals surface area contributed by atoms with Gasteiger partial charge in [-0.15, -0.1) is 0 Å². The highest BCUT2D eigenvalue weighted by Gasteiger charge is 2.22. The molecule has 0 saturated carbocycles. The third-order valence-corrected chi connectivity index (χ3v) is 13.7. The van der Waals surface area contributed by atoms with Crippen LogP contribution in [0.4, 0.5) is 0 Å². The van der Waals surface area contributed by atoms with Crippen molar-refractivity contribution in [2.75, 3.05) is 47.5 Å². The van der Waals surface area contributed by atoms with Crippen LogP contribution in [0.3, 0.4) is 0 Å². The lowest BCUT2D eigenvalue weighted by Crippen LogP contribution is -2.44. The second kappa shape index (κ2) is 57.2. The van der Waals surface area contributed by atoms with Crippen molar-refractivity contribution in [1.29, 1.82) is 0 Å². The third kappa shape index (κ3) is 58.5. The van der Waals surface area contributed by atoms with Crippen LogP contribution in [0.1, 0.15) is 284 Å². The molecule has 2 atom stereocenters. The van der Waals surface area contributed by atoms with Crippen molar-refractivity contribution in [2.24, 2.45) is 0 Å². The predicted octanol–water partition coefficient (Wildman–Crippen LogP) is 17.5. The first-order chi connectivity index (χ1) is 36.6. The SMILES string of the molecule is CC/C=C\C/C=C\C/C=C\C/C=C\CCCCCCCCCCCCCCCCCCC(=O)OC(COC(=O)CCCCCCCCCCC/C=C\CCCCCCCCCC)COC(OCC[N+](C)(C)C)C(=O)[O-]. The Labute approximate surface area is 463 Å². The van der Waals surface area contributed by atoms with Crippen LogP contribution in [0, 0.1) is 0 Å². The highest BCUT2D eigenvalue weighted by molar-refractivity contribution is 5.70. The number of ether oxygens (including phenoxy) is 4. The lowest BCUT2D eigenvalue weighted by molar-refractivity contribution is -0.870. The van der Waals surface area contributed by atoms with E-state index in [1.807, 2.05) is 21.1 Å². The molecule has 2 unspecified atom stereocenters. The van der Waals surface area contributed by atoms with Gasteiger partial charge < -0.3 is 33.3 Å². The fraction of sp³-hybridized carbons (Fsp3) is 0.803. The highest BCUT2D eigenvalue weighted by atomic mass is 16.7. The number of unbranched alkanes of at least 4 members (excludes halogenated alkanes) is 33. The summed E-state index contributed by atoms with van der Waals surface area (Å²) in [7, 11) is 5.93. The zero-order valence-corrected chi connectivity index (χ0v) is 49.7. The molecule has 0 fully saturated rings. The second-order valence-corrected chi connectivity index (χ2v) is 22.3. The summed E-state index contributed by atoms with van der Waals surface area (Å²) in [5.41, 5.74) is 0. The number of allylic oxidation sites excluding steroid dienone is 10. The van der Waals surface area contributed by atoms with E-state index in [1.54, 1.807) is 0 Å². The van der Waals surface area contributed by atoms with Crippen LogP contribution in [0.15, 0.2) is 60.8 Å². The van der Waals surface area contributed by atoms with Gasteiger partial charge in [-0.1, -0.05) is 254 Å². The van der Waals surface area contributed by atoms with Crippen LogP contribution in [0.25, 0.3) is 0 Å². The Hall–Kier alpha value is -3.01. The summed E-state index contributed by atoms with van der Waals surface area (Å²) >= 11 is 0. The Kier molecular flexibility index (Phi) is 54.9. The summed E-state index contributed by atoms with van der Waals surface area (Å²) in [6.45, 7) is 4.67. The van der Waals surface area contributed by atoms with Gasteiger partial charge in [-0.2, -0.15) is 0 Å². The maximum absolute atomic E-state index is 12.9. The van der Waals surface area contributed by atoms with Crippen molar-refractivity contribution in [3.05, 3.63) is 60.8 Å². The van der Waals surface area contributed by atoms with Crippen molar-refractivity contribution < 1.29 is 42.9 Å². The molecule has 9 heteroatoms. The summed E-state index contributed by atoms with van der Waals surface area (Å²) < 4.78 is 22.8. The zero-order chi connectivity index (χ0) is 54.8. The average molecular weight is 1050 g/mol. The van der Waals surface area contributed by atoms with Gasteiger partial charge in [0.15, 0.2) is 12.4 Å². The van der Waals surface area contributed by atoms with E-state index < -0.39 is 24.3 Å². The Morgan fingerprint density at radius 1 is 0.413 bits per heavy atom. The van der Waals surface area contributed by atoms with E-state index in [0.717, 1.165) is 57.8 Å². The second-order valence-electron chi connectivity index (χ2n) is 22.3. The minimum Gasteiger partial charge on any atom is -0.545 e. The normalized spacial score (nSPS) is 13.1. The molecular formula is C66H119NO8. The number of hydrogen-bond donors (Lipinski definition) is 0. The number of quaternary nitrogens is 1. The van der Waals surface area contributed by atoms with Crippen LogP contribution >= 0.6 is 0 Å². The molecule has 0 bridgehead atoms. The average Bonchev–Trinajstić information content (AvgIpc) is 3.38. The van der Waals surface area contributed by atoms with Crippen LogP contribution < -0.4 is 5.11 Å². The lowest BCUT2D eigenvalue weighted by Gasteiger charge is -2.26. The first-order valence-corrected chi connectivity index (χ1v) is 31.4. The van der Waals surface area contributed by atoms with Gasteiger partial charge in [0.1, 0.15) is 13.2 Å². The fourth-order valence-corrected chi connectivity index (χ4v) is 8.94. The summed E-state index contributed by atoms with van der Waals surface area (Å²) in [5.74, 6) is -2.27. The fourth-order valence-electron chi connectivity index (χ4n) is 8.94. The van der Waals surface area contributed by atoms with Crippen LogP contribution in [0.5, 0.6) is 0 Å². The number of carbonyl (C=O) groups excluding carboxylic acids is 3. The highest BCUT2D eigenvalue weighted by Crippen LogP contribution is 2.17. The molecule has 0 rings (SSSR count). The Morgan fingerprint density at radius 2 is 0.760 bits per heavy atom. The van der Waals surface area contributed by atoms with E-state index >= 15 is 0 Å². The quantitative estimate of drug-likeness (QED) is 0.0195. The number of esters is 2. The van der Waals surface area contributed by atoms with Crippen molar-refractivity contribution in [3.8, 4) is 0 Å².